The lowest BCUT2D eigenvalue weighted by atomic mass is 9.79. The number of nitrogens with zero attached hydrogens (tertiary/aromatic N) is 2. The molecule has 2 aliphatic rings. The van der Waals surface area contributed by atoms with Crippen LogP contribution in [-0.4, -0.2) is 13.1 Å². The molecule has 2 nitrogen and oxygen atoms in total. The lowest BCUT2D eigenvalue weighted by Crippen LogP contribution is -2.24. The number of rotatable bonds is 6. The number of anilines is 4. The van der Waals surface area contributed by atoms with Crippen molar-refractivity contribution in [3.05, 3.63) is 230 Å². The maximum absolute atomic E-state index is 2.57. The highest BCUT2D eigenvalue weighted by Gasteiger charge is 2.27. The highest BCUT2D eigenvalue weighted by Crippen LogP contribution is 2.53. The average molecular weight is 845 g/mol. The summed E-state index contributed by atoms with van der Waals surface area (Å²) < 4.78 is 0. The van der Waals surface area contributed by atoms with E-state index in [0.29, 0.717) is 0 Å². The van der Waals surface area contributed by atoms with Gasteiger partial charge in [0.2, 0.25) is 0 Å². The molecule has 11 aromatic rings. The largest absolute Gasteiger partial charge is 0.341 e. The minimum absolute atomic E-state index is 0.976. The molecule has 0 atom stereocenters. The Morgan fingerprint density at radius 2 is 0.697 bits per heavy atom. The highest BCUT2D eigenvalue weighted by atomic mass is 15.1. The number of hydrogen-bond acceptors (Lipinski definition) is 2. The van der Waals surface area contributed by atoms with E-state index in [1.165, 1.54) is 121 Å². The van der Waals surface area contributed by atoms with Gasteiger partial charge in [-0.25, -0.2) is 0 Å². The second-order valence-electron chi connectivity index (χ2n) is 18.1. The molecule has 66 heavy (non-hydrogen) atoms. The summed E-state index contributed by atoms with van der Waals surface area (Å²) in [4.78, 5) is 5.13. The summed E-state index contributed by atoms with van der Waals surface area (Å²) in [5.41, 5.74) is 17.9. The van der Waals surface area contributed by atoms with Crippen LogP contribution in [0.15, 0.2) is 218 Å². The van der Waals surface area contributed by atoms with Gasteiger partial charge in [-0.15, -0.1) is 0 Å². The Hall–Kier alpha value is -7.94. The van der Waals surface area contributed by atoms with E-state index in [4.69, 9.17) is 0 Å². The van der Waals surface area contributed by atoms with Gasteiger partial charge < -0.3 is 9.80 Å². The van der Waals surface area contributed by atoms with Crippen LogP contribution in [0.3, 0.4) is 0 Å². The molecule has 0 saturated heterocycles. The molecule has 2 aliphatic heterocycles. The average Bonchev–Trinajstić information content (AvgIpc) is 3.39. The van der Waals surface area contributed by atoms with Crippen LogP contribution in [0.4, 0.5) is 22.7 Å². The van der Waals surface area contributed by atoms with Crippen LogP contribution in [-0.2, 0) is 12.8 Å². The molecule has 0 N–H and O–H groups in total. The number of hydrogen-bond donors (Lipinski definition) is 0. The minimum atomic E-state index is 0.976. The smallest absolute Gasteiger partial charge is 0.0443 e. The Labute approximate surface area is 386 Å². The number of benzene rings is 11. The maximum Gasteiger partial charge on any atom is 0.0443 e. The normalized spacial score (nSPS) is 13.6. The highest BCUT2D eigenvalue weighted by molar-refractivity contribution is 6.28. The van der Waals surface area contributed by atoms with E-state index in [-0.39, 0.29) is 0 Å². The van der Waals surface area contributed by atoms with Crippen molar-refractivity contribution in [2.45, 2.75) is 25.7 Å². The first-order chi connectivity index (χ1) is 32.8. The van der Waals surface area contributed by atoms with E-state index in [1.54, 1.807) is 0 Å². The molecule has 0 aromatic heterocycles. The van der Waals surface area contributed by atoms with Gasteiger partial charge in [0.25, 0.3) is 0 Å². The maximum atomic E-state index is 2.57. The third-order valence-electron chi connectivity index (χ3n) is 14.5. The molecule has 2 heteroatoms. The first-order valence-corrected chi connectivity index (χ1v) is 23.7. The van der Waals surface area contributed by atoms with Crippen LogP contribution >= 0.6 is 0 Å². The van der Waals surface area contributed by atoms with Crippen LogP contribution < -0.4 is 9.80 Å². The fourth-order valence-corrected chi connectivity index (χ4v) is 11.5. The first-order valence-electron chi connectivity index (χ1n) is 23.7. The fraction of sp³-hybridized carbons (Fsp3) is 0.0938. The lowest BCUT2D eigenvalue weighted by Gasteiger charge is -2.33. The summed E-state index contributed by atoms with van der Waals surface area (Å²) in [7, 11) is 0. The van der Waals surface area contributed by atoms with E-state index < -0.39 is 0 Å². The van der Waals surface area contributed by atoms with Gasteiger partial charge in [-0.2, -0.15) is 0 Å². The van der Waals surface area contributed by atoms with Crippen molar-refractivity contribution in [3.63, 3.8) is 0 Å². The van der Waals surface area contributed by atoms with Gasteiger partial charge in [0.15, 0.2) is 0 Å². The van der Waals surface area contributed by atoms with Crippen LogP contribution in [0.2, 0.25) is 0 Å². The molecule has 0 radical (unpaired) electrons. The van der Waals surface area contributed by atoms with Crippen molar-refractivity contribution in [1.29, 1.82) is 0 Å². The van der Waals surface area contributed by atoms with Crippen molar-refractivity contribution in [2.24, 2.45) is 0 Å². The van der Waals surface area contributed by atoms with E-state index in [1.807, 2.05) is 0 Å². The van der Waals surface area contributed by atoms with E-state index in [0.717, 1.165) is 38.8 Å². The standard InChI is InChI=1S/C64H48N2/c1-3-17-43(18-4-1)53-35-31-45-21-7-11-27-51(45)61(53)63-55-37-33-50(66-40-16-26-48-24-10-14-30-60(48)66)42-58(55)64(62-52-28-12-8-22-46(52)32-36-54(62)44-19-5-2-6-20-44)56-38-34-49(41-57(56)63)65-39-15-25-47-23-9-13-29-59(47)65/h1-14,17-24,27-38,41-42H,15-16,25-26,39-40H2. The van der Waals surface area contributed by atoms with Gasteiger partial charge in [-0.3, -0.25) is 0 Å². The molecule has 0 aliphatic carbocycles. The number of aryl methyl sites for hydroxylation is 2. The Kier molecular flexibility index (Phi) is 9.30. The van der Waals surface area contributed by atoms with E-state index >= 15 is 0 Å². The molecule has 13 rings (SSSR count). The zero-order chi connectivity index (χ0) is 43.6. The van der Waals surface area contributed by atoms with Crippen LogP contribution in [0.5, 0.6) is 0 Å². The third kappa shape index (κ3) is 6.31. The van der Waals surface area contributed by atoms with Gasteiger partial charge in [-0.05, 0) is 161 Å². The van der Waals surface area contributed by atoms with Gasteiger partial charge in [0.1, 0.15) is 0 Å². The van der Waals surface area contributed by atoms with Gasteiger partial charge in [-0.1, -0.05) is 182 Å². The summed E-state index contributed by atoms with van der Waals surface area (Å²) >= 11 is 0. The zero-order valence-corrected chi connectivity index (χ0v) is 36.9. The minimum Gasteiger partial charge on any atom is -0.341 e. The summed E-state index contributed by atoms with van der Waals surface area (Å²) in [6.45, 7) is 1.95. The molecule has 0 saturated carbocycles. The quantitative estimate of drug-likeness (QED) is 0.154. The summed E-state index contributed by atoms with van der Waals surface area (Å²) in [6, 6.07) is 82.2. The van der Waals surface area contributed by atoms with Gasteiger partial charge in [0, 0.05) is 35.8 Å². The predicted molar refractivity (Wildman–Crippen MR) is 282 cm³/mol. The second kappa shape index (κ2) is 15.9. The van der Waals surface area contributed by atoms with Crippen LogP contribution in [0.1, 0.15) is 24.0 Å². The number of fused-ring (bicyclic) bond motifs is 6. The Balaban J connectivity index is 1.23. The zero-order valence-electron chi connectivity index (χ0n) is 36.9. The lowest BCUT2D eigenvalue weighted by molar-refractivity contribution is 0.767. The first kappa shape index (κ1) is 38.5. The van der Waals surface area contributed by atoms with E-state index in [9.17, 15) is 0 Å². The van der Waals surface area contributed by atoms with Crippen molar-refractivity contribution >= 4 is 65.8 Å². The molecular weight excluding hydrogens is 797 g/mol. The number of para-hydroxylation sites is 2. The summed E-state index contributed by atoms with van der Waals surface area (Å²) in [5, 5.41) is 10.0. The summed E-state index contributed by atoms with van der Waals surface area (Å²) in [6.07, 6.45) is 4.43. The van der Waals surface area contributed by atoms with Gasteiger partial charge >= 0.3 is 0 Å². The molecule has 0 amide bonds. The predicted octanol–water partition coefficient (Wildman–Crippen LogP) is 17.1. The fourth-order valence-electron chi connectivity index (χ4n) is 11.5. The Bertz CT molecular complexity index is 3420. The molecule has 0 unspecified atom stereocenters. The Morgan fingerprint density at radius 3 is 1.17 bits per heavy atom. The van der Waals surface area contributed by atoms with Crippen molar-refractivity contribution in [1.82, 2.24) is 0 Å². The molecular formula is C64H48N2. The summed E-state index contributed by atoms with van der Waals surface area (Å²) in [5.74, 6) is 0. The van der Waals surface area contributed by atoms with Crippen molar-refractivity contribution < 1.29 is 0 Å². The topological polar surface area (TPSA) is 6.48 Å². The van der Waals surface area contributed by atoms with Crippen molar-refractivity contribution in [2.75, 3.05) is 22.9 Å². The van der Waals surface area contributed by atoms with E-state index in [2.05, 4.69) is 228 Å². The second-order valence-corrected chi connectivity index (χ2v) is 18.1. The SMILES string of the molecule is c1ccc(-c2ccc3ccccc3c2-c2c3ccc(N4CCCc5ccccc54)cc3c(-c3c(-c4ccccc4)ccc4ccccc34)c3ccc(N4CCCc5ccccc54)cc23)cc1. The van der Waals surface area contributed by atoms with Crippen LogP contribution in [0.25, 0.3) is 87.6 Å². The van der Waals surface area contributed by atoms with Crippen LogP contribution in [0, 0.1) is 0 Å². The van der Waals surface area contributed by atoms with Crippen molar-refractivity contribution in [3.8, 4) is 44.5 Å². The molecule has 0 spiro atoms. The molecule has 0 fully saturated rings. The van der Waals surface area contributed by atoms with Gasteiger partial charge in [0.05, 0.1) is 0 Å². The molecule has 0 bridgehead atoms. The monoisotopic (exact) mass is 844 g/mol. The third-order valence-corrected chi connectivity index (χ3v) is 14.5. The Morgan fingerprint density at radius 1 is 0.288 bits per heavy atom. The molecule has 11 aromatic carbocycles. The molecule has 314 valence electrons. The molecule has 2 heterocycles.